The highest BCUT2D eigenvalue weighted by Gasteiger charge is 2.41. The molecule has 11 heteroatoms. The van der Waals surface area contributed by atoms with Crippen molar-refractivity contribution >= 4 is 85.4 Å². The highest BCUT2D eigenvalue weighted by molar-refractivity contribution is 9.10. The average Bonchev–Trinajstić information content (AvgIpc) is 3.17. The second-order valence-electron chi connectivity index (χ2n) is 7.95. The SMILES string of the molecule is COC(=O)C(c1ccccc1)N1C(=O)/C(=C/c2cc(Br)c(OCc3ccc(Cl)cc3Cl)c(OC)c2)SC1=S. The van der Waals surface area contributed by atoms with Crippen molar-refractivity contribution in [2.75, 3.05) is 14.2 Å². The van der Waals surface area contributed by atoms with Gasteiger partial charge in [-0.2, -0.15) is 0 Å². The van der Waals surface area contributed by atoms with E-state index in [2.05, 4.69) is 15.9 Å². The number of hydrogen-bond acceptors (Lipinski definition) is 7. The van der Waals surface area contributed by atoms with Gasteiger partial charge in [0.1, 0.15) is 10.9 Å². The Balaban J connectivity index is 1.61. The molecule has 0 aromatic heterocycles. The molecule has 1 aliphatic rings. The van der Waals surface area contributed by atoms with Crippen LogP contribution in [-0.4, -0.2) is 35.3 Å². The van der Waals surface area contributed by atoms with Gasteiger partial charge in [-0.25, -0.2) is 4.79 Å². The van der Waals surface area contributed by atoms with Crippen LogP contribution in [0.1, 0.15) is 22.7 Å². The van der Waals surface area contributed by atoms with Crippen molar-refractivity contribution in [2.45, 2.75) is 12.6 Å². The van der Waals surface area contributed by atoms with E-state index in [9.17, 15) is 9.59 Å². The van der Waals surface area contributed by atoms with E-state index in [1.807, 2.05) is 6.07 Å². The second kappa shape index (κ2) is 12.5. The molecule has 1 unspecified atom stereocenters. The molecule has 38 heavy (non-hydrogen) atoms. The summed E-state index contributed by atoms with van der Waals surface area (Å²) in [7, 11) is 2.80. The predicted octanol–water partition coefficient (Wildman–Crippen LogP) is 7.46. The van der Waals surface area contributed by atoms with Gasteiger partial charge in [0, 0.05) is 15.6 Å². The number of thioether (sulfide) groups is 1. The number of ether oxygens (including phenoxy) is 3. The van der Waals surface area contributed by atoms with Crippen molar-refractivity contribution in [1.82, 2.24) is 4.90 Å². The Kier molecular flexibility index (Phi) is 9.38. The van der Waals surface area contributed by atoms with Crippen LogP contribution in [0.2, 0.25) is 10.0 Å². The predicted molar refractivity (Wildman–Crippen MR) is 158 cm³/mol. The molecule has 0 aliphatic carbocycles. The number of thiocarbonyl (C=S) groups is 1. The molecule has 6 nitrogen and oxygen atoms in total. The lowest BCUT2D eigenvalue weighted by molar-refractivity contribution is -0.148. The summed E-state index contributed by atoms with van der Waals surface area (Å²) in [5.41, 5.74) is 2.03. The Morgan fingerprint density at radius 2 is 1.87 bits per heavy atom. The molecule has 0 N–H and O–H groups in total. The minimum Gasteiger partial charge on any atom is -0.493 e. The molecule has 0 bridgehead atoms. The zero-order valence-electron chi connectivity index (χ0n) is 20.1. The molecule has 1 fully saturated rings. The maximum absolute atomic E-state index is 13.4. The molecular formula is C27H20BrCl2NO5S2. The van der Waals surface area contributed by atoms with E-state index in [0.29, 0.717) is 42.0 Å². The van der Waals surface area contributed by atoms with Crippen molar-refractivity contribution in [1.29, 1.82) is 0 Å². The fraction of sp³-hybridized carbons (Fsp3) is 0.148. The molecule has 3 aromatic carbocycles. The van der Waals surface area contributed by atoms with E-state index in [1.165, 1.54) is 19.1 Å². The van der Waals surface area contributed by atoms with Crippen LogP contribution < -0.4 is 9.47 Å². The Labute approximate surface area is 248 Å². The zero-order valence-corrected chi connectivity index (χ0v) is 24.8. The van der Waals surface area contributed by atoms with Crippen LogP contribution in [-0.2, 0) is 20.9 Å². The third kappa shape index (κ3) is 6.18. The fourth-order valence-corrected chi connectivity index (χ4v) is 6.09. The Morgan fingerprint density at radius 3 is 2.53 bits per heavy atom. The largest absolute Gasteiger partial charge is 0.493 e. The molecule has 1 amide bonds. The van der Waals surface area contributed by atoms with E-state index in [1.54, 1.807) is 60.7 Å². The molecule has 1 saturated heterocycles. The molecule has 196 valence electrons. The standard InChI is InChI=1S/C27H20BrCl2NO5S2/c1-34-21-11-15(10-19(28)24(21)36-14-17-8-9-18(29)13-20(17)30)12-22-25(32)31(27(37)38-22)23(26(33)35-2)16-6-4-3-5-7-16/h3-13,23H,14H2,1-2H3/b22-12-. The number of benzene rings is 3. The lowest BCUT2D eigenvalue weighted by Crippen LogP contribution is -2.37. The smallest absolute Gasteiger partial charge is 0.333 e. The molecule has 1 aliphatic heterocycles. The average molecular weight is 653 g/mol. The summed E-state index contributed by atoms with van der Waals surface area (Å²) in [6.07, 6.45) is 1.69. The van der Waals surface area contributed by atoms with Crippen LogP contribution >= 0.6 is 63.1 Å². The van der Waals surface area contributed by atoms with Gasteiger partial charge in [-0.1, -0.05) is 83.6 Å². The molecule has 1 atom stereocenters. The van der Waals surface area contributed by atoms with Gasteiger partial charge in [-0.15, -0.1) is 0 Å². The molecule has 1 heterocycles. The number of carbonyl (C=O) groups excluding carboxylic acids is 2. The van der Waals surface area contributed by atoms with Crippen LogP contribution in [0.5, 0.6) is 11.5 Å². The summed E-state index contributed by atoms with van der Waals surface area (Å²) in [6.45, 7) is 0.192. The van der Waals surface area contributed by atoms with E-state index in [-0.39, 0.29) is 10.9 Å². The first-order valence-corrected chi connectivity index (χ1v) is 13.8. The van der Waals surface area contributed by atoms with Crippen molar-refractivity contribution < 1.29 is 23.8 Å². The second-order valence-corrected chi connectivity index (χ2v) is 11.3. The van der Waals surface area contributed by atoms with Gasteiger partial charge < -0.3 is 14.2 Å². The van der Waals surface area contributed by atoms with E-state index in [4.69, 9.17) is 49.6 Å². The molecule has 0 spiro atoms. The number of nitrogens with zero attached hydrogens (tertiary/aromatic N) is 1. The first-order chi connectivity index (χ1) is 18.2. The number of rotatable bonds is 8. The van der Waals surface area contributed by atoms with Gasteiger partial charge in [0.25, 0.3) is 5.91 Å². The van der Waals surface area contributed by atoms with Gasteiger partial charge in [0.2, 0.25) is 0 Å². The first kappa shape index (κ1) is 28.4. The third-order valence-electron chi connectivity index (χ3n) is 5.56. The molecule has 4 rings (SSSR count). The number of carbonyl (C=O) groups is 2. The third-order valence-corrected chi connectivity index (χ3v) is 8.06. The van der Waals surface area contributed by atoms with Crippen molar-refractivity contribution in [3.05, 3.63) is 96.8 Å². The van der Waals surface area contributed by atoms with Gasteiger partial charge in [-0.3, -0.25) is 9.69 Å². The van der Waals surface area contributed by atoms with Crippen molar-refractivity contribution in [2.24, 2.45) is 0 Å². The lowest BCUT2D eigenvalue weighted by atomic mass is 10.1. The van der Waals surface area contributed by atoms with E-state index >= 15 is 0 Å². The van der Waals surface area contributed by atoms with Gasteiger partial charge in [0.05, 0.1) is 23.6 Å². The summed E-state index contributed by atoms with van der Waals surface area (Å²) in [5, 5.41) is 1.03. The van der Waals surface area contributed by atoms with Crippen molar-refractivity contribution in [3.8, 4) is 11.5 Å². The number of hydrogen-bond donors (Lipinski definition) is 0. The molecule has 3 aromatic rings. The summed E-state index contributed by atoms with van der Waals surface area (Å²) in [4.78, 5) is 27.7. The highest BCUT2D eigenvalue weighted by Crippen LogP contribution is 2.42. The molecule has 0 radical (unpaired) electrons. The number of halogens is 3. The van der Waals surface area contributed by atoms with Gasteiger partial charge >= 0.3 is 5.97 Å². The van der Waals surface area contributed by atoms with Crippen LogP contribution in [0.25, 0.3) is 6.08 Å². The number of methoxy groups -OCH3 is 2. The zero-order chi connectivity index (χ0) is 27.4. The fourth-order valence-electron chi connectivity index (χ4n) is 3.74. The Hall–Kier alpha value is -2.56. The molecular weight excluding hydrogens is 633 g/mol. The monoisotopic (exact) mass is 651 g/mol. The van der Waals surface area contributed by atoms with Crippen LogP contribution in [0, 0.1) is 0 Å². The summed E-state index contributed by atoms with van der Waals surface area (Å²) in [5.74, 6) is -0.0616. The van der Waals surface area contributed by atoms with Gasteiger partial charge in [-0.05, 0) is 57.4 Å². The maximum Gasteiger partial charge on any atom is 0.333 e. The molecule has 0 saturated carbocycles. The van der Waals surface area contributed by atoms with Crippen LogP contribution in [0.3, 0.4) is 0 Å². The number of amides is 1. The Bertz CT molecular complexity index is 1430. The van der Waals surface area contributed by atoms with E-state index in [0.717, 1.165) is 17.3 Å². The summed E-state index contributed by atoms with van der Waals surface area (Å²) in [6, 6.07) is 16.6. The minimum absolute atomic E-state index is 0.192. The van der Waals surface area contributed by atoms with Crippen molar-refractivity contribution in [3.63, 3.8) is 0 Å². The highest BCUT2D eigenvalue weighted by atomic mass is 79.9. The van der Waals surface area contributed by atoms with Gasteiger partial charge in [0.15, 0.2) is 17.5 Å². The normalized spacial score (nSPS) is 15.1. The quantitative estimate of drug-likeness (QED) is 0.142. The summed E-state index contributed by atoms with van der Waals surface area (Å²) >= 11 is 22.4. The lowest BCUT2D eigenvalue weighted by Gasteiger charge is -2.24. The number of esters is 1. The summed E-state index contributed by atoms with van der Waals surface area (Å²) < 4.78 is 17.4. The maximum atomic E-state index is 13.4. The first-order valence-electron chi connectivity index (χ1n) is 11.1. The Morgan fingerprint density at radius 1 is 1.13 bits per heavy atom. The van der Waals surface area contributed by atoms with Crippen LogP contribution in [0.15, 0.2) is 70.0 Å². The van der Waals surface area contributed by atoms with E-state index < -0.39 is 17.9 Å². The minimum atomic E-state index is -0.989. The topological polar surface area (TPSA) is 65.1 Å². The van der Waals surface area contributed by atoms with Crippen LogP contribution in [0.4, 0.5) is 0 Å².